The van der Waals surface area contributed by atoms with E-state index in [9.17, 15) is 8.42 Å². The van der Waals surface area contributed by atoms with Crippen LogP contribution in [0.3, 0.4) is 0 Å². The SMILES string of the molecule is O=S(=O)(c1cccc(Br)c1)N1CCN2CCCC2C1. The molecule has 104 valence electrons. The van der Waals surface area contributed by atoms with E-state index in [2.05, 4.69) is 20.8 Å². The van der Waals surface area contributed by atoms with Gasteiger partial charge in [-0.1, -0.05) is 22.0 Å². The second-order valence-electron chi connectivity index (χ2n) is 5.15. The third kappa shape index (κ3) is 2.59. The number of benzene rings is 1. The van der Waals surface area contributed by atoms with Crippen LogP contribution in [-0.2, 0) is 10.0 Å². The second kappa shape index (κ2) is 5.16. The summed E-state index contributed by atoms with van der Waals surface area (Å²) in [6, 6.07) is 7.37. The molecule has 1 aromatic rings. The highest BCUT2D eigenvalue weighted by atomic mass is 79.9. The highest BCUT2D eigenvalue weighted by molar-refractivity contribution is 9.10. The molecule has 4 nitrogen and oxygen atoms in total. The minimum atomic E-state index is -3.35. The van der Waals surface area contributed by atoms with Crippen molar-refractivity contribution in [3.05, 3.63) is 28.7 Å². The summed E-state index contributed by atoms with van der Waals surface area (Å²) < 4.78 is 27.7. The molecule has 2 aliphatic heterocycles. The Morgan fingerprint density at radius 3 is 2.84 bits per heavy atom. The molecular formula is C13H17BrN2O2S. The lowest BCUT2D eigenvalue weighted by atomic mass is 10.2. The molecule has 2 aliphatic rings. The average Bonchev–Trinajstić information content (AvgIpc) is 2.85. The molecule has 1 atom stereocenters. The van der Waals surface area contributed by atoms with Gasteiger partial charge in [0, 0.05) is 30.1 Å². The van der Waals surface area contributed by atoms with Crippen LogP contribution in [-0.4, -0.2) is 49.8 Å². The summed E-state index contributed by atoms with van der Waals surface area (Å²) >= 11 is 3.33. The van der Waals surface area contributed by atoms with Crippen molar-refractivity contribution < 1.29 is 8.42 Å². The molecule has 0 spiro atoms. The average molecular weight is 345 g/mol. The molecule has 1 unspecified atom stereocenters. The fourth-order valence-corrected chi connectivity index (χ4v) is 5.02. The molecule has 0 N–H and O–H groups in total. The van der Waals surface area contributed by atoms with Gasteiger partial charge in [0.25, 0.3) is 0 Å². The zero-order valence-electron chi connectivity index (χ0n) is 10.6. The first kappa shape index (κ1) is 13.5. The number of piperazine rings is 1. The van der Waals surface area contributed by atoms with E-state index in [0.29, 0.717) is 24.0 Å². The smallest absolute Gasteiger partial charge is 0.243 e. The van der Waals surface area contributed by atoms with Gasteiger partial charge in [0.1, 0.15) is 0 Å². The summed E-state index contributed by atoms with van der Waals surface area (Å²) in [7, 11) is -3.35. The van der Waals surface area contributed by atoms with Gasteiger partial charge in [0.05, 0.1) is 4.90 Å². The Morgan fingerprint density at radius 1 is 1.21 bits per heavy atom. The zero-order chi connectivity index (χ0) is 13.5. The molecule has 6 heteroatoms. The quantitative estimate of drug-likeness (QED) is 0.822. The molecule has 1 aromatic carbocycles. The first-order valence-electron chi connectivity index (χ1n) is 6.57. The number of hydrogen-bond donors (Lipinski definition) is 0. The minimum Gasteiger partial charge on any atom is -0.298 e. The van der Waals surface area contributed by atoms with Crippen LogP contribution in [0.1, 0.15) is 12.8 Å². The monoisotopic (exact) mass is 344 g/mol. The van der Waals surface area contributed by atoms with Crippen LogP contribution in [0.25, 0.3) is 0 Å². The maximum atomic E-state index is 12.6. The lowest BCUT2D eigenvalue weighted by molar-refractivity contribution is 0.158. The van der Waals surface area contributed by atoms with Crippen LogP contribution in [0.4, 0.5) is 0 Å². The predicted molar refractivity (Wildman–Crippen MR) is 77.5 cm³/mol. The van der Waals surface area contributed by atoms with Gasteiger partial charge in [-0.05, 0) is 37.6 Å². The fraction of sp³-hybridized carbons (Fsp3) is 0.538. The van der Waals surface area contributed by atoms with Gasteiger partial charge >= 0.3 is 0 Å². The fourth-order valence-electron chi connectivity index (χ4n) is 2.96. The van der Waals surface area contributed by atoms with Gasteiger partial charge in [-0.2, -0.15) is 4.31 Å². The van der Waals surface area contributed by atoms with E-state index in [0.717, 1.165) is 24.0 Å². The van der Waals surface area contributed by atoms with Gasteiger partial charge in [0.2, 0.25) is 10.0 Å². The maximum Gasteiger partial charge on any atom is 0.243 e. The Labute approximate surface area is 122 Å². The summed E-state index contributed by atoms with van der Waals surface area (Å²) in [5.74, 6) is 0. The summed E-state index contributed by atoms with van der Waals surface area (Å²) in [6.07, 6.45) is 2.31. The van der Waals surface area contributed by atoms with Crippen molar-refractivity contribution >= 4 is 26.0 Å². The number of halogens is 1. The summed E-state index contributed by atoms with van der Waals surface area (Å²) in [5, 5.41) is 0. The molecule has 0 amide bonds. The Hall–Kier alpha value is -0.430. The Bertz CT molecular complexity index is 576. The number of nitrogens with zero attached hydrogens (tertiary/aromatic N) is 2. The summed E-state index contributed by atoms with van der Waals surface area (Å²) in [5.41, 5.74) is 0. The Morgan fingerprint density at radius 2 is 2.05 bits per heavy atom. The molecule has 0 saturated carbocycles. The van der Waals surface area contributed by atoms with Crippen LogP contribution in [0.15, 0.2) is 33.6 Å². The van der Waals surface area contributed by atoms with Gasteiger partial charge in [-0.15, -0.1) is 0 Å². The predicted octanol–water partition coefficient (Wildman–Crippen LogP) is 1.92. The Kier molecular flexibility index (Phi) is 3.68. The van der Waals surface area contributed by atoms with Gasteiger partial charge in [-0.3, -0.25) is 4.90 Å². The van der Waals surface area contributed by atoms with Crippen molar-refractivity contribution in [3.63, 3.8) is 0 Å². The van der Waals surface area contributed by atoms with Crippen molar-refractivity contribution in [2.75, 3.05) is 26.2 Å². The van der Waals surface area contributed by atoms with Crippen molar-refractivity contribution in [2.24, 2.45) is 0 Å². The van der Waals surface area contributed by atoms with Gasteiger partial charge < -0.3 is 0 Å². The molecule has 2 heterocycles. The molecule has 19 heavy (non-hydrogen) atoms. The molecule has 0 aliphatic carbocycles. The van der Waals surface area contributed by atoms with E-state index >= 15 is 0 Å². The third-order valence-corrected chi connectivity index (χ3v) is 6.34. The topological polar surface area (TPSA) is 40.6 Å². The highest BCUT2D eigenvalue weighted by Gasteiger charge is 2.36. The summed E-state index contributed by atoms with van der Waals surface area (Å²) in [6.45, 7) is 3.22. The molecular weight excluding hydrogens is 328 g/mol. The van der Waals surface area contributed by atoms with Crippen molar-refractivity contribution in [3.8, 4) is 0 Å². The van der Waals surface area contributed by atoms with Crippen molar-refractivity contribution in [1.29, 1.82) is 0 Å². The largest absolute Gasteiger partial charge is 0.298 e. The van der Waals surface area contributed by atoms with E-state index in [1.807, 2.05) is 6.07 Å². The van der Waals surface area contributed by atoms with Gasteiger partial charge in [-0.25, -0.2) is 8.42 Å². The van der Waals surface area contributed by atoms with E-state index in [-0.39, 0.29) is 0 Å². The standard InChI is InChI=1S/C13H17BrN2O2S/c14-11-3-1-5-13(9-11)19(17,18)16-8-7-15-6-2-4-12(15)10-16/h1,3,5,9,12H,2,4,6-8,10H2. The molecule has 2 saturated heterocycles. The lowest BCUT2D eigenvalue weighted by Crippen LogP contribution is -2.51. The van der Waals surface area contributed by atoms with Crippen LogP contribution in [0.2, 0.25) is 0 Å². The third-order valence-electron chi connectivity index (χ3n) is 3.98. The molecule has 3 rings (SSSR count). The second-order valence-corrected chi connectivity index (χ2v) is 8.01. The van der Waals surface area contributed by atoms with Crippen molar-refractivity contribution in [1.82, 2.24) is 9.21 Å². The lowest BCUT2D eigenvalue weighted by Gasteiger charge is -2.36. The van der Waals surface area contributed by atoms with E-state index in [1.165, 1.54) is 6.42 Å². The molecule has 0 bridgehead atoms. The van der Waals surface area contributed by atoms with Crippen LogP contribution in [0, 0.1) is 0 Å². The Balaban J connectivity index is 1.85. The van der Waals surface area contributed by atoms with E-state index < -0.39 is 10.0 Å². The minimum absolute atomic E-state index is 0.383. The molecule has 2 fully saturated rings. The number of sulfonamides is 1. The molecule has 0 aromatic heterocycles. The number of hydrogen-bond acceptors (Lipinski definition) is 3. The number of rotatable bonds is 2. The first-order chi connectivity index (χ1) is 9.07. The van der Waals surface area contributed by atoms with E-state index in [1.54, 1.807) is 22.5 Å². The first-order valence-corrected chi connectivity index (χ1v) is 8.80. The zero-order valence-corrected chi connectivity index (χ0v) is 13.0. The normalized spacial score (nSPS) is 25.4. The van der Waals surface area contributed by atoms with Crippen LogP contribution in [0.5, 0.6) is 0 Å². The van der Waals surface area contributed by atoms with Crippen molar-refractivity contribution in [2.45, 2.75) is 23.8 Å². The van der Waals surface area contributed by atoms with Crippen LogP contribution >= 0.6 is 15.9 Å². The van der Waals surface area contributed by atoms with E-state index in [4.69, 9.17) is 0 Å². The summed E-state index contributed by atoms with van der Waals surface area (Å²) in [4.78, 5) is 2.79. The molecule has 0 radical (unpaired) electrons. The highest BCUT2D eigenvalue weighted by Crippen LogP contribution is 2.26. The van der Waals surface area contributed by atoms with Crippen LogP contribution < -0.4 is 0 Å². The van der Waals surface area contributed by atoms with Gasteiger partial charge in [0.15, 0.2) is 0 Å². The number of fused-ring (bicyclic) bond motifs is 1. The maximum absolute atomic E-state index is 12.6.